The first-order valence-electron chi connectivity index (χ1n) is 4.19. The highest BCUT2D eigenvalue weighted by atomic mass is 35.5. The molecule has 0 radical (unpaired) electrons. The molecule has 0 amide bonds. The van der Waals surface area contributed by atoms with Crippen LogP contribution < -0.4 is 0 Å². The third kappa shape index (κ3) is 4.10. The fraction of sp³-hybridized carbons (Fsp3) is 0.182. The topological polar surface area (TPSA) is 32.9 Å². The molecule has 2 rings (SSSR count). The van der Waals surface area contributed by atoms with Gasteiger partial charge in [-0.2, -0.15) is 0 Å². The summed E-state index contributed by atoms with van der Waals surface area (Å²) in [6.07, 6.45) is 1.95. The molecule has 0 aliphatic rings. The molecule has 0 unspecified atom stereocenters. The number of fused-ring (bicyclic) bond motifs is 1. The first-order valence-corrected chi connectivity index (χ1v) is 4.19. The summed E-state index contributed by atoms with van der Waals surface area (Å²) >= 11 is 0. The number of benzene rings is 1. The number of aromatic amines is 1. The molecule has 0 spiro atoms. The summed E-state index contributed by atoms with van der Waals surface area (Å²) in [5.74, 6) is 0.167. The zero-order valence-corrected chi connectivity index (χ0v) is 9.10. The van der Waals surface area contributed by atoms with Crippen molar-refractivity contribution in [2.45, 2.75) is 13.8 Å². The van der Waals surface area contributed by atoms with Crippen molar-refractivity contribution in [3.8, 4) is 0 Å². The van der Waals surface area contributed by atoms with Gasteiger partial charge in [-0.05, 0) is 31.4 Å². The van der Waals surface area contributed by atoms with Gasteiger partial charge >= 0.3 is 0 Å². The number of hydrogen-bond acceptors (Lipinski definition) is 1. The fourth-order valence-corrected chi connectivity index (χ4v) is 0.995. The number of carbonyl (C=O) groups excluding carboxylic acids is 1. The number of halogens is 1. The van der Waals surface area contributed by atoms with Gasteiger partial charge in [0.15, 0.2) is 0 Å². The van der Waals surface area contributed by atoms with Crippen LogP contribution in [-0.2, 0) is 4.79 Å². The van der Waals surface area contributed by atoms with Crippen LogP contribution in [-0.4, -0.2) is 10.8 Å². The number of nitrogens with one attached hydrogen (secondary N) is 1. The van der Waals surface area contributed by atoms with Gasteiger partial charge in [-0.1, -0.05) is 18.2 Å². The van der Waals surface area contributed by atoms with Gasteiger partial charge in [-0.3, -0.25) is 0 Å². The molecule has 0 saturated heterocycles. The van der Waals surface area contributed by atoms with Gasteiger partial charge < -0.3 is 9.78 Å². The molecule has 0 fully saturated rings. The van der Waals surface area contributed by atoms with Crippen molar-refractivity contribution in [1.82, 2.24) is 4.98 Å². The summed E-state index contributed by atoms with van der Waals surface area (Å²) in [6, 6.07) is 10.3. The van der Waals surface area contributed by atoms with E-state index in [0.717, 1.165) is 0 Å². The molecule has 0 aliphatic carbocycles. The van der Waals surface area contributed by atoms with Gasteiger partial charge in [0.2, 0.25) is 0 Å². The average molecular weight is 212 g/mol. The second kappa shape index (κ2) is 6.22. The molecular formula is C11H14ClNO. The Morgan fingerprint density at radius 2 is 1.71 bits per heavy atom. The van der Waals surface area contributed by atoms with Crippen LogP contribution in [0.15, 0.2) is 36.5 Å². The maximum Gasteiger partial charge on any atom is 0.126 e. The van der Waals surface area contributed by atoms with E-state index >= 15 is 0 Å². The molecule has 0 atom stereocenters. The second-order valence-electron chi connectivity index (χ2n) is 2.97. The monoisotopic (exact) mass is 211 g/mol. The normalized spacial score (nSPS) is 8.43. The van der Waals surface area contributed by atoms with Crippen molar-refractivity contribution >= 4 is 29.1 Å². The predicted molar refractivity (Wildman–Crippen MR) is 61.9 cm³/mol. The Bertz CT molecular complexity index is 361. The van der Waals surface area contributed by atoms with Crippen molar-refractivity contribution in [2.24, 2.45) is 0 Å². The van der Waals surface area contributed by atoms with E-state index in [2.05, 4.69) is 23.2 Å². The van der Waals surface area contributed by atoms with Crippen molar-refractivity contribution < 1.29 is 4.79 Å². The lowest BCUT2D eigenvalue weighted by atomic mass is 10.3. The highest BCUT2D eigenvalue weighted by Crippen LogP contribution is 2.09. The van der Waals surface area contributed by atoms with Crippen molar-refractivity contribution in [1.29, 1.82) is 0 Å². The Kier molecular flexibility index (Phi) is 5.65. The highest BCUT2D eigenvalue weighted by molar-refractivity contribution is 5.85. The zero-order valence-electron chi connectivity index (χ0n) is 8.28. The number of H-pyrrole nitrogens is 1. The molecule has 0 aliphatic heterocycles. The van der Waals surface area contributed by atoms with Crippen LogP contribution in [0, 0.1) is 0 Å². The van der Waals surface area contributed by atoms with E-state index in [0.29, 0.717) is 0 Å². The van der Waals surface area contributed by atoms with Gasteiger partial charge in [-0.25, -0.2) is 0 Å². The SMILES string of the molecule is CC(C)=O.Cl.c1ccc2[nH]ccc2c1. The largest absolute Gasteiger partial charge is 0.361 e. The lowest BCUT2D eigenvalue weighted by Crippen LogP contribution is -1.69. The standard InChI is InChI=1S/C8H7N.C3H6O.ClH/c1-2-4-8-7(3-1)5-6-9-8;1-3(2)4;/h1-6,9H;1-2H3;1H. The summed E-state index contributed by atoms with van der Waals surface area (Å²) in [5.41, 5.74) is 1.21. The third-order valence-corrected chi connectivity index (χ3v) is 1.46. The fourth-order valence-electron chi connectivity index (χ4n) is 0.995. The summed E-state index contributed by atoms with van der Waals surface area (Å²) in [4.78, 5) is 12.6. The van der Waals surface area contributed by atoms with E-state index in [4.69, 9.17) is 0 Å². The molecule has 1 N–H and O–H groups in total. The zero-order chi connectivity index (χ0) is 9.68. The first kappa shape index (κ1) is 12.7. The van der Waals surface area contributed by atoms with E-state index in [1.807, 2.05) is 18.3 Å². The summed E-state index contributed by atoms with van der Waals surface area (Å²) in [6.45, 7) is 3.06. The maximum absolute atomic E-state index is 9.44. The van der Waals surface area contributed by atoms with Crippen LogP contribution in [0.25, 0.3) is 10.9 Å². The quantitative estimate of drug-likeness (QED) is 0.713. The minimum Gasteiger partial charge on any atom is -0.361 e. The Balaban J connectivity index is 0.000000299. The Hall–Kier alpha value is -1.28. The van der Waals surface area contributed by atoms with E-state index in [1.54, 1.807) is 0 Å². The Morgan fingerprint density at radius 3 is 2.29 bits per heavy atom. The van der Waals surface area contributed by atoms with Crippen LogP contribution >= 0.6 is 12.4 Å². The van der Waals surface area contributed by atoms with Crippen molar-refractivity contribution in [3.63, 3.8) is 0 Å². The first-order chi connectivity index (χ1) is 6.20. The number of Topliss-reactive ketones (excluding diaryl/α,β-unsaturated/α-hetero) is 1. The van der Waals surface area contributed by atoms with Crippen LogP contribution in [0.2, 0.25) is 0 Å². The molecular weight excluding hydrogens is 198 g/mol. The number of para-hydroxylation sites is 1. The predicted octanol–water partition coefficient (Wildman–Crippen LogP) is 3.19. The van der Waals surface area contributed by atoms with Gasteiger partial charge in [0.25, 0.3) is 0 Å². The van der Waals surface area contributed by atoms with Crippen LogP contribution in [0.5, 0.6) is 0 Å². The third-order valence-electron chi connectivity index (χ3n) is 1.46. The van der Waals surface area contributed by atoms with Gasteiger partial charge in [0, 0.05) is 11.7 Å². The molecule has 1 aromatic heterocycles. The lowest BCUT2D eigenvalue weighted by Gasteiger charge is -1.83. The molecule has 2 aromatic rings. The van der Waals surface area contributed by atoms with E-state index in [1.165, 1.54) is 24.8 Å². The molecule has 1 aromatic carbocycles. The van der Waals surface area contributed by atoms with Crippen molar-refractivity contribution in [2.75, 3.05) is 0 Å². The second-order valence-corrected chi connectivity index (χ2v) is 2.97. The molecule has 2 nitrogen and oxygen atoms in total. The summed E-state index contributed by atoms with van der Waals surface area (Å²) < 4.78 is 0. The molecule has 0 saturated carbocycles. The highest BCUT2D eigenvalue weighted by Gasteiger charge is 1.86. The van der Waals surface area contributed by atoms with Crippen molar-refractivity contribution in [3.05, 3.63) is 36.5 Å². The Labute approximate surface area is 89.7 Å². The number of carbonyl (C=O) groups is 1. The van der Waals surface area contributed by atoms with Crippen LogP contribution in [0.4, 0.5) is 0 Å². The molecule has 0 bridgehead atoms. The van der Waals surface area contributed by atoms with Crippen LogP contribution in [0.1, 0.15) is 13.8 Å². The minimum atomic E-state index is 0. The maximum atomic E-state index is 9.44. The Morgan fingerprint density at radius 1 is 1.14 bits per heavy atom. The summed E-state index contributed by atoms with van der Waals surface area (Å²) in [5, 5.41) is 1.28. The summed E-state index contributed by atoms with van der Waals surface area (Å²) in [7, 11) is 0. The molecule has 3 heteroatoms. The number of hydrogen-bond donors (Lipinski definition) is 1. The molecule has 76 valence electrons. The smallest absolute Gasteiger partial charge is 0.126 e. The van der Waals surface area contributed by atoms with Gasteiger partial charge in [0.1, 0.15) is 5.78 Å². The van der Waals surface area contributed by atoms with E-state index in [-0.39, 0.29) is 18.2 Å². The van der Waals surface area contributed by atoms with Gasteiger partial charge in [0.05, 0.1) is 0 Å². The number of ketones is 1. The number of aromatic nitrogens is 1. The van der Waals surface area contributed by atoms with E-state index < -0.39 is 0 Å². The number of rotatable bonds is 0. The minimum absolute atomic E-state index is 0. The van der Waals surface area contributed by atoms with E-state index in [9.17, 15) is 4.79 Å². The van der Waals surface area contributed by atoms with Gasteiger partial charge in [-0.15, -0.1) is 12.4 Å². The molecule has 14 heavy (non-hydrogen) atoms. The average Bonchev–Trinajstić information content (AvgIpc) is 2.49. The lowest BCUT2D eigenvalue weighted by molar-refractivity contribution is -0.114. The van der Waals surface area contributed by atoms with Crippen LogP contribution in [0.3, 0.4) is 0 Å². The molecule has 1 heterocycles.